The average Bonchev–Trinajstić information content (AvgIpc) is 2.61. The highest BCUT2D eigenvalue weighted by Crippen LogP contribution is 2.29. The number of rotatable bonds is 6. The van der Waals surface area contributed by atoms with Gasteiger partial charge >= 0.3 is 0 Å². The van der Waals surface area contributed by atoms with E-state index < -0.39 is 6.04 Å². The van der Waals surface area contributed by atoms with E-state index >= 15 is 0 Å². The van der Waals surface area contributed by atoms with Crippen LogP contribution in [0.15, 0.2) is 36.4 Å². The van der Waals surface area contributed by atoms with E-state index in [1.54, 1.807) is 55.3 Å². The summed E-state index contributed by atoms with van der Waals surface area (Å²) in [5.41, 5.74) is 1.78. The zero-order valence-corrected chi connectivity index (χ0v) is 17.4. The molecule has 0 saturated carbocycles. The van der Waals surface area contributed by atoms with Crippen molar-refractivity contribution in [1.29, 1.82) is 0 Å². The van der Waals surface area contributed by atoms with Crippen molar-refractivity contribution in [2.75, 3.05) is 24.2 Å². The minimum absolute atomic E-state index is 0.00926. The van der Waals surface area contributed by atoms with Crippen molar-refractivity contribution in [2.24, 2.45) is 0 Å². The highest BCUT2D eigenvalue weighted by molar-refractivity contribution is 6.39. The smallest absolute Gasteiger partial charge is 0.241 e. The maximum Gasteiger partial charge on any atom is 0.241 e. The van der Waals surface area contributed by atoms with Gasteiger partial charge in [-0.3, -0.25) is 14.5 Å². The summed E-state index contributed by atoms with van der Waals surface area (Å²) in [7, 11) is 1.68. The van der Waals surface area contributed by atoms with Gasteiger partial charge in [0.05, 0.1) is 28.3 Å². The third-order valence-corrected chi connectivity index (χ3v) is 5.23. The van der Waals surface area contributed by atoms with Gasteiger partial charge < -0.3 is 10.6 Å². The maximum atomic E-state index is 12.5. The Hall–Kier alpha value is -1.79. The fourth-order valence-electron chi connectivity index (χ4n) is 2.34. The van der Waals surface area contributed by atoms with Crippen LogP contribution in [0, 0.1) is 6.92 Å². The SMILES string of the molecule is Cc1c(Cl)cccc1NC(=O)C(C)N(C)CC(=O)Nc1c(Cl)cccc1Cl. The molecule has 0 spiro atoms. The molecule has 0 heterocycles. The molecule has 1 unspecified atom stereocenters. The molecule has 2 aromatic carbocycles. The van der Waals surface area contributed by atoms with Gasteiger partial charge in [0.1, 0.15) is 0 Å². The molecule has 0 saturated heterocycles. The van der Waals surface area contributed by atoms with Gasteiger partial charge in [0.15, 0.2) is 0 Å². The molecule has 144 valence electrons. The van der Waals surface area contributed by atoms with Crippen LogP contribution < -0.4 is 10.6 Å². The Bertz CT molecular complexity index is 838. The molecule has 0 aliphatic heterocycles. The Morgan fingerprint density at radius 3 is 2.19 bits per heavy atom. The standard InChI is InChI=1S/C19H20Cl3N3O2/c1-11-13(20)6-5-9-16(11)23-19(27)12(2)25(3)10-17(26)24-18-14(21)7-4-8-15(18)22/h4-9,12H,10H2,1-3H3,(H,23,27)(H,24,26). The number of anilines is 2. The second-order valence-electron chi connectivity index (χ2n) is 6.14. The van der Waals surface area contributed by atoms with Gasteiger partial charge in [0, 0.05) is 10.7 Å². The van der Waals surface area contributed by atoms with E-state index in [1.807, 2.05) is 6.92 Å². The minimum atomic E-state index is -0.546. The van der Waals surface area contributed by atoms with Gasteiger partial charge in [-0.1, -0.05) is 46.9 Å². The van der Waals surface area contributed by atoms with Gasteiger partial charge in [0.25, 0.3) is 0 Å². The molecule has 0 radical (unpaired) electrons. The number of likely N-dealkylation sites (N-methyl/N-ethyl adjacent to an activating group) is 1. The van der Waals surface area contributed by atoms with Crippen molar-refractivity contribution in [3.63, 3.8) is 0 Å². The quantitative estimate of drug-likeness (QED) is 0.691. The van der Waals surface area contributed by atoms with Crippen molar-refractivity contribution in [1.82, 2.24) is 4.90 Å². The fourth-order valence-corrected chi connectivity index (χ4v) is 3.01. The number of amides is 2. The molecule has 8 heteroatoms. The first kappa shape index (κ1) is 21.5. The molecular formula is C19H20Cl3N3O2. The first-order valence-electron chi connectivity index (χ1n) is 8.20. The van der Waals surface area contributed by atoms with E-state index in [-0.39, 0.29) is 18.4 Å². The van der Waals surface area contributed by atoms with Crippen LogP contribution in [-0.4, -0.2) is 36.3 Å². The van der Waals surface area contributed by atoms with Gasteiger partial charge in [0.2, 0.25) is 11.8 Å². The van der Waals surface area contributed by atoms with E-state index in [0.29, 0.717) is 26.4 Å². The number of halogens is 3. The summed E-state index contributed by atoms with van der Waals surface area (Å²) in [6, 6.07) is 9.71. The molecule has 0 bridgehead atoms. The summed E-state index contributed by atoms with van der Waals surface area (Å²) in [5, 5.41) is 6.78. The second kappa shape index (κ2) is 9.42. The Morgan fingerprint density at radius 2 is 1.56 bits per heavy atom. The van der Waals surface area contributed by atoms with Crippen LogP contribution in [-0.2, 0) is 9.59 Å². The molecule has 0 fully saturated rings. The highest BCUT2D eigenvalue weighted by atomic mass is 35.5. The topological polar surface area (TPSA) is 61.4 Å². The number of nitrogens with zero attached hydrogens (tertiary/aromatic N) is 1. The average molecular weight is 429 g/mol. The third-order valence-electron chi connectivity index (χ3n) is 4.19. The van der Waals surface area contributed by atoms with E-state index in [9.17, 15) is 9.59 Å². The number of benzene rings is 2. The van der Waals surface area contributed by atoms with Gasteiger partial charge in [-0.05, 0) is 50.7 Å². The maximum absolute atomic E-state index is 12.5. The summed E-state index contributed by atoms with van der Waals surface area (Å²) in [6.07, 6.45) is 0. The van der Waals surface area contributed by atoms with Crippen molar-refractivity contribution in [3.8, 4) is 0 Å². The fraction of sp³-hybridized carbons (Fsp3) is 0.263. The highest BCUT2D eigenvalue weighted by Gasteiger charge is 2.21. The van der Waals surface area contributed by atoms with Crippen molar-refractivity contribution in [3.05, 3.63) is 57.0 Å². The largest absolute Gasteiger partial charge is 0.324 e. The van der Waals surface area contributed by atoms with Crippen molar-refractivity contribution in [2.45, 2.75) is 19.9 Å². The van der Waals surface area contributed by atoms with E-state index in [4.69, 9.17) is 34.8 Å². The first-order valence-corrected chi connectivity index (χ1v) is 9.34. The lowest BCUT2D eigenvalue weighted by Gasteiger charge is -2.24. The van der Waals surface area contributed by atoms with Crippen LogP contribution in [0.25, 0.3) is 0 Å². The third kappa shape index (κ3) is 5.59. The molecule has 0 aliphatic rings. The van der Waals surface area contributed by atoms with Gasteiger partial charge in [-0.15, -0.1) is 0 Å². The number of carbonyl (C=O) groups excluding carboxylic acids is 2. The summed E-state index contributed by atoms with van der Waals surface area (Å²) in [5.74, 6) is -0.572. The second-order valence-corrected chi connectivity index (χ2v) is 7.36. The zero-order chi connectivity index (χ0) is 20.1. The van der Waals surface area contributed by atoms with Crippen molar-refractivity contribution >= 4 is 58.0 Å². The van der Waals surface area contributed by atoms with Crippen LogP contribution in [0.2, 0.25) is 15.1 Å². The summed E-state index contributed by atoms with van der Waals surface area (Å²) in [4.78, 5) is 26.4. The lowest BCUT2D eigenvalue weighted by atomic mass is 10.2. The lowest BCUT2D eigenvalue weighted by Crippen LogP contribution is -2.43. The molecular weight excluding hydrogens is 409 g/mol. The summed E-state index contributed by atoms with van der Waals surface area (Å²) < 4.78 is 0. The predicted molar refractivity (Wildman–Crippen MR) is 112 cm³/mol. The summed E-state index contributed by atoms with van der Waals surface area (Å²) >= 11 is 18.2. The zero-order valence-electron chi connectivity index (χ0n) is 15.1. The number of para-hydroxylation sites is 1. The number of carbonyl (C=O) groups is 2. The van der Waals surface area contributed by atoms with Gasteiger partial charge in [-0.25, -0.2) is 0 Å². The molecule has 5 nitrogen and oxygen atoms in total. The Kier molecular flexibility index (Phi) is 7.50. The summed E-state index contributed by atoms with van der Waals surface area (Å²) in [6.45, 7) is 3.53. The molecule has 0 aliphatic carbocycles. The Balaban J connectivity index is 1.98. The van der Waals surface area contributed by atoms with E-state index in [1.165, 1.54) is 0 Å². The Morgan fingerprint density at radius 1 is 1.00 bits per heavy atom. The monoisotopic (exact) mass is 427 g/mol. The molecule has 2 rings (SSSR count). The van der Waals surface area contributed by atoms with Crippen LogP contribution in [0.3, 0.4) is 0 Å². The van der Waals surface area contributed by atoms with Gasteiger partial charge in [-0.2, -0.15) is 0 Å². The van der Waals surface area contributed by atoms with E-state index in [2.05, 4.69) is 10.6 Å². The molecule has 27 heavy (non-hydrogen) atoms. The number of hydrogen-bond acceptors (Lipinski definition) is 3. The molecule has 1 atom stereocenters. The molecule has 2 N–H and O–H groups in total. The number of nitrogens with one attached hydrogen (secondary N) is 2. The molecule has 2 aromatic rings. The molecule has 0 aromatic heterocycles. The Labute approximate surface area is 173 Å². The minimum Gasteiger partial charge on any atom is -0.324 e. The lowest BCUT2D eigenvalue weighted by molar-refractivity contribution is -0.122. The number of hydrogen-bond donors (Lipinski definition) is 2. The normalized spacial score (nSPS) is 12.0. The van der Waals surface area contributed by atoms with E-state index in [0.717, 1.165) is 5.56 Å². The van der Waals surface area contributed by atoms with Crippen LogP contribution >= 0.6 is 34.8 Å². The molecule has 2 amide bonds. The first-order chi connectivity index (χ1) is 12.7. The van der Waals surface area contributed by atoms with Crippen LogP contribution in [0.1, 0.15) is 12.5 Å². The van der Waals surface area contributed by atoms with Crippen molar-refractivity contribution < 1.29 is 9.59 Å². The predicted octanol–water partition coefficient (Wildman–Crippen LogP) is 4.85. The van der Waals surface area contributed by atoms with Crippen LogP contribution in [0.5, 0.6) is 0 Å². The van der Waals surface area contributed by atoms with Crippen LogP contribution in [0.4, 0.5) is 11.4 Å².